The maximum Gasteiger partial charge on any atom is 0.434 e. The van der Waals surface area contributed by atoms with Gasteiger partial charge in [-0.15, -0.1) is 0 Å². The average molecular weight is 1100 g/mol. The number of carbonyl (C=O) groups is 1. The van der Waals surface area contributed by atoms with Crippen LogP contribution in [0.3, 0.4) is 0 Å². The number of alkyl halides is 6. The smallest absolute Gasteiger partial charge is 0.388 e. The molecule has 0 spiro atoms. The summed E-state index contributed by atoms with van der Waals surface area (Å²) in [5.41, 5.74) is 1.20. The largest absolute Gasteiger partial charge is 0.434 e. The van der Waals surface area contributed by atoms with Crippen molar-refractivity contribution in [2.75, 3.05) is 0 Å². The molecule has 4 aromatic heterocycles. The van der Waals surface area contributed by atoms with Gasteiger partial charge in [0.25, 0.3) is 5.91 Å². The number of halogens is 10. The van der Waals surface area contributed by atoms with Crippen molar-refractivity contribution < 1.29 is 54.9 Å². The molecule has 24 heteroatoms. The summed E-state index contributed by atoms with van der Waals surface area (Å²) in [6, 6.07) is 12.8. The van der Waals surface area contributed by atoms with Crippen LogP contribution in [0.5, 0.6) is 0 Å². The van der Waals surface area contributed by atoms with Gasteiger partial charge in [0.1, 0.15) is 40.0 Å². The van der Waals surface area contributed by atoms with E-state index in [1.165, 1.54) is 12.1 Å². The summed E-state index contributed by atoms with van der Waals surface area (Å²) in [5, 5.41) is 34.9. The molecule has 71 heavy (non-hydrogen) atoms. The van der Waals surface area contributed by atoms with Gasteiger partial charge in [-0.1, -0.05) is 64.6 Å². The summed E-state index contributed by atoms with van der Waals surface area (Å²) >= 11 is 23.4. The van der Waals surface area contributed by atoms with E-state index in [4.69, 9.17) is 52.1 Å². The lowest BCUT2D eigenvalue weighted by molar-refractivity contribution is -0.141. The Labute approximate surface area is 428 Å². The Balaban J connectivity index is 0.000000206. The molecule has 0 radical (unpaired) electrons. The summed E-state index contributed by atoms with van der Waals surface area (Å²) in [6.07, 6.45) is -4.63. The van der Waals surface area contributed by atoms with Gasteiger partial charge in [0.2, 0.25) is 10.0 Å². The number of nitrogens with zero attached hydrogens (tertiary/aromatic N) is 4. The zero-order valence-electron chi connectivity index (χ0n) is 38.9. The third-order valence-electron chi connectivity index (χ3n) is 12.9. The molecule has 4 aromatic rings. The fourth-order valence-electron chi connectivity index (χ4n) is 8.46. The Morgan fingerprint density at radius 1 is 0.662 bits per heavy atom. The number of aliphatic hydroxyl groups is 3. The first-order valence-corrected chi connectivity index (χ1v) is 25.7. The van der Waals surface area contributed by atoms with E-state index < -0.39 is 96.6 Å². The van der Waals surface area contributed by atoms with E-state index in [1.54, 1.807) is 63.2 Å². The Morgan fingerprint density at radius 3 is 1.45 bits per heavy atom. The topological polar surface area (TPSA) is 214 Å². The number of aromatic nitrogens is 4. The van der Waals surface area contributed by atoms with Crippen molar-refractivity contribution in [3.05, 3.63) is 116 Å². The standard InChI is InChI=1S/C19H17Cl2F4N3O2.C16H24ClFN2O3S.C12H16ClFN2O/c20-13-3-1-2-12(27-13)15(18(30)7-4-10(22)5-8-18)28-17(29)11-6-9-26-16(14(11)21)19(23,24)25;1-15(2,3)24(22,23)20-14(12-5-4-6-13(17)19-12)16(21)9-7-11(18)8-10-16;13-10-3-1-2-9(16-10)11(15)12(17)6-4-8(14)5-7-12/h1-3,6,9-10,15,30H,4-5,7-8H2,(H,28,29);4-6,11,14,20-21H,7-10H2,1-3H3;1-3,8,11,17H,4-7,15H2. The number of carbonyl (C=O) groups excluding carboxylic acids is 1. The highest BCUT2D eigenvalue weighted by Crippen LogP contribution is 2.43. The second-order valence-corrected chi connectivity index (χ2v) is 23.1. The fourth-order valence-corrected chi connectivity index (χ4v) is 10.3. The van der Waals surface area contributed by atoms with Crippen molar-refractivity contribution in [3.8, 4) is 0 Å². The summed E-state index contributed by atoms with van der Waals surface area (Å²) in [7, 11) is -3.75. The third-order valence-corrected chi connectivity index (χ3v) is 16.0. The van der Waals surface area contributed by atoms with Crippen LogP contribution in [0.25, 0.3) is 0 Å². The van der Waals surface area contributed by atoms with Crippen molar-refractivity contribution in [2.24, 2.45) is 5.73 Å². The minimum absolute atomic E-state index is 0.0190. The lowest BCUT2D eigenvalue weighted by Crippen LogP contribution is -2.52. The van der Waals surface area contributed by atoms with E-state index in [-0.39, 0.29) is 67.4 Å². The summed E-state index contributed by atoms with van der Waals surface area (Å²) in [5.74, 6) is -0.963. The molecule has 1 amide bonds. The fraction of sp³-hybridized carbons (Fsp3) is 0.553. The lowest BCUT2D eigenvalue weighted by atomic mass is 9.77. The summed E-state index contributed by atoms with van der Waals surface area (Å²) in [4.78, 5) is 28.4. The number of amides is 1. The molecule has 0 bridgehead atoms. The van der Waals surface area contributed by atoms with Crippen molar-refractivity contribution in [3.63, 3.8) is 0 Å². The second kappa shape index (κ2) is 23.8. The highest BCUT2D eigenvalue weighted by Gasteiger charge is 2.47. The minimum Gasteiger partial charge on any atom is -0.388 e. The zero-order valence-corrected chi connectivity index (χ0v) is 42.8. The quantitative estimate of drug-likeness (QED) is 0.0649. The van der Waals surface area contributed by atoms with Gasteiger partial charge < -0.3 is 26.4 Å². The minimum atomic E-state index is -4.85. The van der Waals surface area contributed by atoms with Gasteiger partial charge in [-0.05, 0) is 140 Å². The van der Waals surface area contributed by atoms with E-state index >= 15 is 0 Å². The van der Waals surface area contributed by atoms with Crippen molar-refractivity contribution >= 4 is 62.3 Å². The van der Waals surface area contributed by atoms with E-state index in [9.17, 15) is 54.9 Å². The van der Waals surface area contributed by atoms with Crippen LogP contribution in [0.2, 0.25) is 20.5 Å². The number of nitrogens with one attached hydrogen (secondary N) is 2. The van der Waals surface area contributed by atoms with Crippen molar-refractivity contribution in [2.45, 2.75) is 162 Å². The van der Waals surface area contributed by atoms with Gasteiger partial charge in [-0.2, -0.15) is 13.2 Å². The Hall–Kier alpha value is -3.44. The van der Waals surface area contributed by atoms with Crippen LogP contribution in [0.4, 0.5) is 26.3 Å². The molecule has 7 N–H and O–H groups in total. The average Bonchev–Trinajstić information content (AvgIpc) is 3.30. The first-order valence-electron chi connectivity index (χ1n) is 22.7. The highest BCUT2D eigenvalue weighted by molar-refractivity contribution is 7.90. The molecule has 3 fully saturated rings. The van der Waals surface area contributed by atoms with Gasteiger partial charge in [0, 0.05) is 6.20 Å². The van der Waals surface area contributed by atoms with Crippen molar-refractivity contribution in [1.29, 1.82) is 0 Å². The monoisotopic (exact) mass is 1100 g/mol. The molecule has 0 aromatic carbocycles. The zero-order chi connectivity index (χ0) is 52.7. The molecule has 7 rings (SSSR count). The molecule has 0 saturated heterocycles. The van der Waals surface area contributed by atoms with Crippen LogP contribution in [-0.2, 0) is 16.2 Å². The molecule has 13 nitrogen and oxygen atoms in total. The van der Waals surface area contributed by atoms with Gasteiger partial charge in [-0.3, -0.25) is 9.78 Å². The molecule has 3 aliphatic carbocycles. The molecular weight excluding hydrogens is 1050 g/mol. The molecule has 4 heterocycles. The summed E-state index contributed by atoms with van der Waals surface area (Å²) in [6.45, 7) is 4.71. The van der Waals surface area contributed by atoms with Crippen LogP contribution >= 0.6 is 46.4 Å². The number of hydrogen-bond acceptors (Lipinski definition) is 11. The van der Waals surface area contributed by atoms with Gasteiger partial charge >= 0.3 is 6.18 Å². The predicted molar refractivity (Wildman–Crippen MR) is 259 cm³/mol. The molecular formula is C47H57Cl4F6N7O6S. The van der Waals surface area contributed by atoms with E-state index in [1.807, 2.05) is 0 Å². The maximum absolute atomic E-state index is 13.6. The number of pyridine rings is 4. The molecule has 3 aliphatic rings. The lowest BCUT2D eigenvalue weighted by Gasteiger charge is -2.40. The van der Waals surface area contributed by atoms with Crippen LogP contribution in [-0.4, -0.2) is 89.6 Å². The second-order valence-electron chi connectivity index (χ2n) is 19.1. The highest BCUT2D eigenvalue weighted by atomic mass is 35.5. The Bertz CT molecular complexity index is 2540. The van der Waals surface area contributed by atoms with Gasteiger partial charge in [0.15, 0.2) is 5.69 Å². The molecule has 3 unspecified atom stereocenters. The number of nitrogens with two attached hydrogens (primary N) is 1. The maximum atomic E-state index is 13.6. The van der Waals surface area contributed by atoms with E-state index in [0.717, 1.165) is 12.3 Å². The van der Waals surface area contributed by atoms with E-state index in [0.29, 0.717) is 42.2 Å². The van der Waals surface area contributed by atoms with Crippen LogP contribution in [0, 0.1) is 0 Å². The first-order chi connectivity index (χ1) is 33.0. The van der Waals surface area contributed by atoms with Crippen molar-refractivity contribution in [1.82, 2.24) is 30.0 Å². The third kappa shape index (κ3) is 15.3. The van der Waals surface area contributed by atoms with E-state index in [2.05, 4.69) is 30.0 Å². The molecule has 3 saturated carbocycles. The Morgan fingerprint density at radius 2 is 1.04 bits per heavy atom. The predicted octanol–water partition coefficient (Wildman–Crippen LogP) is 10.4. The number of sulfonamides is 1. The number of hydrogen-bond donors (Lipinski definition) is 6. The Kier molecular flexibility index (Phi) is 19.6. The molecule has 3 atom stereocenters. The normalized spacial score (nSPS) is 26.4. The number of rotatable bonds is 10. The van der Waals surface area contributed by atoms with Gasteiger partial charge in [0.05, 0.1) is 61.3 Å². The van der Waals surface area contributed by atoms with Crippen LogP contribution in [0.1, 0.15) is 149 Å². The SMILES string of the molecule is CC(C)(C)S(=O)(=O)NC(c1cccc(Cl)n1)C1(O)CCC(F)CC1.NC(c1cccc(Cl)n1)C1(O)CCC(F)CC1.O=C(NC(c1cccc(Cl)n1)C1(O)CCC(F)CC1)c1ccnc(C(F)(F)F)c1Cl. The van der Waals surface area contributed by atoms with Crippen LogP contribution < -0.4 is 15.8 Å². The van der Waals surface area contributed by atoms with Crippen LogP contribution in [0.15, 0.2) is 66.9 Å². The van der Waals surface area contributed by atoms with Gasteiger partial charge in [-0.25, -0.2) is 41.3 Å². The first kappa shape index (κ1) is 58.4. The molecule has 0 aliphatic heterocycles. The molecule has 392 valence electrons. The summed E-state index contributed by atoms with van der Waals surface area (Å²) < 4.78 is 106.